The number of rotatable bonds is 5. The normalized spacial score (nSPS) is 22.8. The van der Waals surface area contributed by atoms with Crippen molar-refractivity contribution in [1.82, 2.24) is 19.4 Å². The number of halogens is 2. The second-order valence-electron chi connectivity index (χ2n) is 10.5. The molecule has 1 aromatic carbocycles. The summed E-state index contributed by atoms with van der Waals surface area (Å²) in [6.45, 7) is 6.24. The Morgan fingerprint density at radius 3 is 2.42 bits per heavy atom. The van der Waals surface area contributed by atoms with E-state index in [2.05, 4.69) is 16.1 Å². The molecule has 6 rings (SSSR count). The summed E-state index contributed by atoms with van der Waals surface area (Å²) in [7, 11) is 0. The van der Waals surface area contributed by atoms with Crippen molar-refractivity contribution in [3.05, 3.63) is 54.4 Å². The Balaban J connectivity index is 1.20. The zero-order valence-electron chi connectivity index (χ0n) is 20.7. The van der Waals surface area contributed by atoms with Crippen molar-refractivity contribution in [2.24, 2.45) is 5.92 Å². The number of piperazine rings is 1. The summed E-state index contributed by atoms with van der Waals surface area (Å²) in [4.78, 5) is 18.6. The maximum atomic E-state index is 14.8. The first-order valence-corrected chi connectivity index (χ1v) is 13.1. The van der Waals surface area contributed by atoms with Crippen LogP contribution >= 0.6 is 0 Å². The van der Waals surface area contributed by atoms with Crippen molar-refractivity contribution in [2.75, 3.05) is 50.7 Å². The highest BCUT2D eigenvalue weighted by Gasteiger charge is 2.44. The fraction of sp³-hybridized carbons (Fsp3) is 0.500. The van der Waals surface area contributed by atoms with Crippen LogP contribution in [0.2, 0.25) is 0 Å². The van der Waals surface area contributed by atoms with E-state index < -0.39 is 11.8 Å². The van der Waals surface area contributed by atoms with Gasteiger partial charge in [0.05, 0.1) is 23.7 Å². The smallest absolute Gasteiger partial charge is 0.267 e. The molecule has 36 heavy (non-hydrogen) atoms. The molecule has 1 amide bonds. The van der Waals surface area contributed by atoms with Gasteiger partial charge in [0, 0.05) is 50.1 Å². The zero-order chi connectivity index (χ0) is 24.9. The van der Waals surface area contributed by atoms with Gasteiger partial charge >= 0.3 is 0 Å². The molecule has 1 saturated carbocycles. The summed E-state index contributed by atoms with van der Waals surface area (Å²) in [6, 6.07) is 11.8. The maximum Gasteiger partial charge on any atom is 0.267 e. The van der Waals surface area contributed by atoms with Gasteiger partial charge in [0.1, 0.15) is 0 Å². The molecule has 0 N–H and O–H groups in total. The first-order valence-electron chi connectivity index (χ1n) is 13.1. The molecule has 3 fully saturated rings. The van der Waals surface area contributed by atoms with Gasteiger partial charge in [-0.05, 0) is 55.6 Å². The summed E-state index contributed by atoms with van der Waals surface area (Å²) >= 11 is 0. The lowest BCUT2D eigenvalue weighted by molar-refractivity contribution is -0.132. The number of nitrogens with zero attached hydrogens (tertiary/aromatic N) is 5. The lowest BCUT2D eigenvalue weighted by Gasteiger charge is -2.38. The van der Waals surface area contributed by atoms with Crippen molar-refractivity contribution < 1.29 is 13.6 Å². The van der Waals surface area contributed by atoms with Crippen LogP contribution in [0, 0.1) is 5.92 Å². The maximum absolute atomic E-state index is 14.8. The van der Waals surface area contributed by atoms with E-state index in [1.807, 2.05) is 64.0 Å². The van der Waals surface area contributed by atoms with Crippen molar-refractivity contribution in [3.63, 3.8) is 0 Å². The van der Waals surface area contributed by atoms with E-state index in [0.717, 1.165) is 61.4 Å². The van der Waals surface area contributed by atoms with E-state index in [1.54, 1.807) is 0 Å². The minimum Gasteiger partial charge on any atom is -0.366 e. The van der Waals surface area contributed by atoms with E-state index in [0.29, 0.717) is 31.0 Å². The summed E-state index contributed by atoms with van der Waals surface area (Å²) in [6.07, 6.45) is 6.36. The third kappa shape index (κ3) is 4.36. The molecule has 6 nitrogen and oxygen atoms in total. The van der Waals surface area contributed by atoms with Crippen molar-refractivity contribution >= 4 is 17.1 Å². The van der Waals surface area contributed by atoms with Crippen LogP contribution in [0.3, 0.4) is 0 Å². The van der Waals surface area contributed by atoms with Crippen LogP contribution < -0.4 is 4.90 Å². The number of piperidine rings is 1. The Morgan fingerprint density at radius 1 is 1.00 bits per heavy atom. The number of carbonyl (C=O) groups excluding carboxylic acids is 1. The largest absolute Gasteiger partial charge is 0.366 e. The Bertz CT molecular complexity index is 1240. The second-order valence-corrected chi connectivity index (χ2v) is 10.5. The average Bonchev–Trinajstić information content (AvgIpc) is 3.65. The molecular formula is C28H33F2N5O. The quantitative estimate of drug-likeness (QED) is 0.525. The molecule has 0 bridgehead atoms. The minimum absolute atomic E-state index is 0.168. The summed E-state index contributed by atoms with van der Waals surface area (Å²) in [5.41, 5.74) is 4.83. The van der Waals surface area contributed by atoms with Gasteiger partial charge in [-0.1, -0.05) is 31.2 Å². The number of aromatic nitrogens is 2. The van der Waals surface area contributed by atoms with Crippen LogP contribution in [0.5, 0.6) is 0 Å². The van der Waals surface area contributed by atoms with E-state index in [4.69, 9.17) is 0 Å². The van der Waals surface area contributed by atoms with Crippen molar-refractivity contribution in [2.45, 2.75) is 38.0 Å². The van der Waals surface area contributed by atoms with Gasteiger partial charge in [-0.25, -0.2) is 13.3 Å². The average molecular weight is 494 g/mol. The third-order valence-corrected chi connectivity index (χ3v) is 8.12. The van der Waals surface area contributed by atoms with Gasteiger partial charge < -0.3 is 9.80 Å². The minimum atomic E-state index is -2.72. The number of amides is 1. The number of alkyl halides is 2. The molecule has 4 heterocycles. The van der Waals surface area contributed by atoms with Gasteiger partial charge in [-0.15, -0.1) is 0 Å². The Labute approximate surface area is 210 Å². The fourth-order valence-corrected chi connectivity index (χ4v) is 5.78. The molecule has 2 aromatic heterocycles. The molecule has 0 spiro atoms. The molecule has 0 radical (unpaired) electrons. The molecule has 2 saturated heterocycles. The summed E-state index contributed by atoms with van der Waals surface area (Å²) < 4.78 is 31.5. The molecule has 3 aromatic rings. The lowest BCUT2D eigenvalue weighted by Crippen LogP contribution is -2.49. The summed E-state index contributed by atoms with van der Waals surface area (Å²) in [5.74, 6) is -2.87. The zero-order valence-corrected chi connectivity index (χ0v) is 20.7. The number of carbonyl (C=O) groups is 1. The Kier molecular flexibility index (Phi) is 5.94. The van der Waals surface area contributed by atoms with Crippen molar-refractivity contribution in [3.8, 4) is 11.1 Å². The van der Waals surface area contributed by atoms with E-state index in [1.165, 1.54) is 0 Å². The van der Waals surface area contributed by atoms with Crippen LogP contribution in [-0.4, -0.2) is 77.1 Å². The first-order chi connectivity index (χ1) is 17.4. The molecule has 2 aliphatic heterocycles. The van der Waals surface area contributed by atoms with Gasteiger partial charge in [-0.3, -0.25) is 9.69 Å². The number of hydrogen-bond donors (Lipinski definition) is 0. The number of fused-ring (bicyclic) bond motifs is 1. The third-order valence-electron chi connectivity index (χ3n) is 8.12. The van der Waals surface area contributed by atoms with Crippen molar-refractivity contribution in [1.29, 1.82) is 0 Å². The number of anilines is 1. The summed E-state index contributed by atoms with van der Waals surface area (Å²) in [5, 5.41) is 4.50. The second kappa shape index (κ2) is 9.14. The van der Waals surface area contributed by atoms with Gasteiger partial charge in [-0.2, -0.15) is 5.10 Å². The molecule has 1 unspecified atom stereocenters. The number of benzene rings is 1. The standard InChI is InChI=1S/C28H33F2N5O/c1-2-32-12-10-24(28(29,30)19-32)21-5-3-20(4-6-21)23-17-26-25(9-11-31-35(26)18-23)33-13-15-34(16-14-33)27(36)22-7-8-22/h3-6,9,11,17-18,22,24H,2,7-8,10,12-16,19H2,1H3. The van der Waals surface area contributed by atoms with Gasteiger partial charge in [0.15, 0.2) is 0 Å². The van der Waals surface area contributed by atoms with Crippen LogP contribution in [0.4, 0.5) is 14.5 Å². The van der Waals surface area contributed by atoms with E-state index in [-0.39, 0.29) is 12.5 Å². The highest BCUT2D eigenvalue weighted by atomic mass is 19.3. The first kappa shape index (κ1) is 23.4. The molecule has 3 aliphatic rings. The molecule has 190 valence electrons. The molecule has 8 heteroatoms. The number of hydrogen-bond acceptors (Lipinski definition) is 4. The van der Waals surface area contributed by atoms with Gasteiger partial charge in [0.2, 0.25) is 5.91 Å². The molecular weight excluding hydrogens is 460 g/mol. The topological polar surface area (TPSA) is 44.1 Å². The van der Waals surface area contributed by atoms with Crippen LogP contribution in [-0.2, 0) is 4.79 Å². The highest BCUT2D eigenvalue weighted by Crippen LogP contribution is 2.41. The van der Waals surface area contributed by atoms with E-state index in [9.17, 15) is 13.6 Å². The Hall–Kier alpha value is -3.00. The predicted octanol–water partition coefficient (Wildman–Crippen LogP) is 4.50. The van der Waals surface area contributed by atoms with E-state index >= 15 is 0 Å². The van der Waals surface area contributed by atoms with Crippen LogP contribution in [0.1, 0.15) is 37.7 Å². The Morgan fingerprint density at radius 2 is 1.75 bits per heavy atom. The van der Waals surface area contributed by atoms with Crippen LogP contribution in [0.25, 0.3) is 16.6 Å². The monoisotopic (exact) mass is 493 g/mol. The predicted molar refractivity (Wildman–Crippen MR) is 137 cm³/mol. The molecule has 1 aliphatic carbocycles. The number of likely N-dealkylation sites (tertiary alicyclic amines) is 1. The molecule has 1 atom stereocenters. The highest BCUT2D eigenvalue weighted by molar-refractivity contribution is 5.82. The fourth-order valence-electron chi connectivity index (χ4n) is 5.78. The van der Waals surface area contributed by atoms with Gasteiger partial charge in [0.25, 0.3) is 5.92 Å². The lowest BCUT2D eigenvalue weighted by atomic mass is 9.85. The SMILES string of the molecule is CCN1CCC(c2ccc(-c3cc4c(N5CCN(C(=O)C6CC6)CC5)ccnn4c3)cc2)C(F)(F)C1. The van der Waals surface area contributed by atoms with Crippen LogP contribution in [0.15, 0.2) is 48.8 Å².